The van der Waals surface area contributed by atoms with Gasteiger partial charge in [0.1, 0.15) is 11.4 Å². The highest BCUT2D eigenvalue weighted by Crippen LogP contribution is 2.17. The Kier molecular flexibility index (Phi) is 8.57. The Labute approximate surface area is 199 Å². The van der Waals surface area contributed by atoms with Gasteiger partial charge in [0.05, 0.1) is 6.21 Å². The Morgan fingerprint density at radius 1 is 0.882 bits per heavy atom. The number of hydrogen-bond donors (Lipinski definition) is 3. The van der Waals surface area contributed by atoms with Gasteiger partial charge < -0.3 is 15.3 Å². The Balaban J connectivity index is 1.81. The predicted molar refractivity (Wildman–Crippen MR) is 136 cm³/mol. The number of carbonyl (C=O) groups is 2. The largest absolute Gasteiger partial charge is 0.508 e. The van der Waals surface area contributed by atoms with Crippen molar-refractivity contribution in [3.05, 3.63) is 101 Å². The highest BCUT2D eigenvalue weighted by Gasteiger charge is 2.14. The van der Waals surface area contributed by atoms with Crippen molar-refractivity contribution in [2.45, 2.75) is 13.8 Å². The molecule has 3 aromatic carbocycles. The molecule has 0 saturated carbocycles. The van der Waals surface area contributed by atoms with E-state index in [-0.39, 0.29) is 11.4 Å². The Morgan fingerprint density at radius 3 is 2.12 bits per heavy atom. The molecule has 0 aliphatic heterocycles. The minimum absolute atomic E-state index is 0.0623. The summed E-state index contributed by atoms with van der Waals surface area (Å²) < 4.78 is 0. The fraction of sp³-hybridized carbons (Fsp3) is 0.148. The zero-order valence-corrected chi connectivity index (χ0v) is 19.2. The number of amides is 2. The summed E-state index contributed by atoms with van der Waals surface area (Å²) in [6.45, 7) is 5.98. The van der Waals surface area contributed by atoms with Crippen LogP contribution in [-0.4, -0.2) is 36.2 Å². The fourth-order valence-corrected chi connectivity index (χ4v) is 3.27. The molecular weight excluding hydrogens is 428 g/mol. The number of nitrogens with zero attached hydrogens (tertiary/aromatic N) is 2. The van der Waals surface area contributed by atoms with Crippen LogP contribution in [0, 0.1) is 0 Å². The second-order valence-corrected chi connectivity index (χ2v) is 7.43. The van der Waals surface area contributed by atoms with Crippen molar-refractivity contribution in [2.24, 2.45) is 5.10 Å². The monoisotopic (exact) mass is 456 g/mol. The van der Waals surface area contributed by atoms with Gasteiger partial charge in [-0.25, -0.2) is 5.43 Å². The number of nitrogens with one attached hydrogen (secondary N) is 2. The summed E-state index contributed by atoms with van der Waals surface area (Å²) >= 11 is 0. The maximum absolute atomic E-state index is 12.9. The van der Waals surface area contributed by atoms with E-state index in [2.05, 4.69) is 34.6 Å². The zero-order chi connectivity index (χ0) is 24.3. The molecule has 3 rings (SSSR count). The summed E-state index contributed by atoms with van der Waals surface area (Å²) in [5.41, 5.74) is 5.49. The lowest BCUT2D eigenvalue weighted by atomic mass is 10.1. The standard InChI is InChI=1S/C27H28N4O3/c1-3-31(4-2)23-14-10-20(11-15-23)18-25(29-26(33)22-8-6-5-7-9-22)27(34)30-28-19-21-12-16-24(32)17-13-21/h5-19,32H,3-4H2,1-2H3,(H,29,33)(H,30,34)/b25-18?,28-19+. The molecule has 34 heavy (non-hydrogen) atoms. The van der Waals surface area contributed by atoms with Crippen LogP contribution in [0.3, 0.4) is 0 Å². The summed E-state index contributed by atoms with van der Waals surface area (Å²) in [5, 5.41) is 16.0. The van der Waals surface area contributed by atoms with Gasteiger partial charge in [-0.3, -0.25) is 9.59 Å². The fourth-order valence-electron chi connectivity index (χ4n) is 3.27. The van der Waals surface area contributed by atoms with Crippen LogP contribution in [0.5, 0.6) is 5.75 Å². The van der Waals surface area contributed by atoms with Gasteiger partial charge in [-0.2, -0.15) is 5.10 Å². The molecule has 7 nitrogen and oxygen atoms in total. The molecule has 0 atom stereocenters. The van der Waals surface area contributed by atoms with Gasteiger partial charge in [0.15, 0.2) is 0 Å². The number of rotatable bonds is 9. The van der Waals surface area contributed by atoms with Crippen molar-refractivity contribution in [1.82, 2.24) is 10.7 Å². The average Bonchev–Trinajstić information content (AvgIpc) is 2.87. The molecule has 0 heterocycles. The van der Waals surface area contributed by atoms with Gasteiger partial charge in [0.25, 0.3) is 11.8 Å². The maximum atomic E-state index is 12.9. The van der Waals surface area contributed by atoms with E-state index in [4.69, 9.17) is 0 Å². The quantitative estimate of drug-likeness (QED) is 0.256. The van der Waals surface area contributed by atoms with Crippen molar-refractivity contribution in [2.75, 3.05) is 18.0 Å². The molecule has 0 aliphatic rings. The van der Waals surface area contributed by atoms with Gasteiger partial charge in [-0.05, 0) is 79.6 Å². The minimum atomic E-state index is -0.563. The third-order valence-corrected chi connectivity index (χ3v) is 5.13. The van der Waals surface area contributed by atoms with Crippen molar-refractivity contribution < 1.29 is 14.7 Å². The summed E-state index contributed by atoms with van der Waals surface area (Å²) in [4.78, 5) is 27.8. The lowest BCUT2D eigenvalue weighted by Crippen LogP contribution is -2.32. The number of carbonyl (C=O) groups excluding carboxylic acids is 2. The third-order valence-electron chi connectivity index (χ3n) is 5.13. The minimum Gasteiger partial charge on any atom is -0.508 e. The van der Waals surface area contributed by atoms with Crippen LogP contribution in [0.4, 0.5) is 5.69 Å². The van der Waals surface area contributed by atoms with Crippen LogP contribution in [0.2, 0.25) is 0 Å². The molecule has 0 spiro atoms. The Morgan fingerprint density at radius 2 is 1.50 bits per heavy atom. The predicted octanol–water partition coefficient (Wildman–Crippen LogP) is 4.16. The van der Waals surface area contributed by atoms with Crippen LogP contribution in [0.25, 0.3) is 6.08 Å². The van der Waals surface area contributed by atoms with Gasteiger partial charge in [0, 0.05) is 24.3 Å². The summed E-state index contributed by atoms with van der Waals surface area (Å²) in [6.07, 6.45) is 3.06. The van der Waals surface area contributed by atoms with Gasteiger partial charge in [-0.1, -0.05) is 30.3 Å². The van der Waals surface area contributed by atoms with Gasteiger partial charge >= 0.3 is 0 Å². The number of hydrazone groups is 1. The molecule has 0 aromatic heterocycles. The van der Waals surface area contributed by atoms with E-state index in [0.717, 1.165) is 24.3 Å². The van der Waals surface area contributed by atoms with Crippen molar-refractivity contribution in [3.63, 3.8) is 0 Å². The number of benzene rings is 3. The van der Waals surface area contributed by atoms with Gasteiger partial charge in [-0.15, -0.1) is 0 Å². The van der Waals surface area contributed by atoms with E-state index < -0.39 is 11.8 Å². The molecule has 3 N–H and O–H groups in total. The molecule has 0 radical (unpaired) electrons. The van der Waals surface area contributed by atoms with Crippen LogP contribution in [0.15, 0.2) is 89.7 Å². The Bertz CT molecular complexity index is 1150. The first-order valence-corrected chi connectivity index (χ1v) is 11.1. The summed E-state index contributed by atoms with van der Waals surface area (Å²) in [7, 11) is 0. The molecule has 0 bridgehead atoms. The lowest BCUT2D eigenvalue weighted by molar-refractivity contribution is -0.117. The smallest absolute Gasteiger partial charge is 0.287 e. The second-order valence-electron chi connectivity index (χ2n) is 7.43. The Hall–Kier alpha value is -4.39. The molecule has 0 aliphatic carbocycles. The SMILES string of the molecule is CCN(CC)c1ccc(C=C(NC(=O)c2ccccc2)C(=O)N/N=C/c2ccc(O)cc2)cc1. The molecule has 3 aromatic rings. The van der Waals surface area contributed by atoms with Crippen LogP contribution >= 0.6 is 0 Å². The van der Waals surface area contributed by atoms with E-state index in [1.807, 2.05) is 30.3 Å². The van der Waals surface area contributed by atoms with Crippen molar-refractivity contribution >= 4 is 29.8 Å². The molecule has 0 fully saturated rings. The van der Waals surface area contributed by atoms with Crippen molar-refractivity contribution in [3.8, 4) is 5.75 Å². The average molecular weight is 457 g/mol. The lowest BCUT2D eigenvalue weighted by Gasteiger charge is -2.20. The van der Waals surface area contributed by atoms with Crippen molar-refractivity contribution in [1.29, 1.82) is 0 Å². The van der Waals surface area contributed by atoms with E-state index >= 15 is 0 Å². The number of hydrogen-bond acceptors (Lipinski definition) is 5. The van der Waals surface area contributed by atoms with E-state index in [0.29, 0.717) is 11.1 Å². The summed E-state index contributed by atoms with van der Waals surface area (Å²) in [5.74, 6) is -0.821. The number of aromatic hydroxyl groups is 1. The maximum Gasteiger partial charge on any atom is 0.287 e. The number of phenolic OH excluding ortho intramolecular Hbond substituents is 1. The van der Waals surface area contributed by atoms with E-state index in [1.54, 1.807) is 42.5 Å². The number of anilines is 1. The van der Waals surface area contributed by atoms with Gasteiger partial charge in [0.2, 0.25) is 0 Å². The third kappa shape index (κ3) is 6.80. The molecule has 0 saturated heterocycles. The number of phenols is 1. The highest BCUT2D eigenvalue weighted by atomic mass is 16.3. The zero-order valence-electron chi connectivity index (χ0n) is 19.2. The summed E-state index contributed by atoms with van der Waals surface area (Å²) in [6, 6.07) is 22.8. The molecule has 7 heteroatoms. The molecular formula is C27H28N4O3. The molecule has 2 amide bonds. The second kappa shape index (κ2) is 12.0. The molecule has 0 unspecified atom stereocenters. The normalized spacial score (nSPS) is 11.3. The van der Waals surface area contributed by atoms with Crippen LogP contribution in [0.1, 0.15) is 35.3 Å². The van der Waals surface area contributed by atoms with Crippen LogP contribution in [-0.2, 0) is 4.79 Å². The molecule has 174 valence electrons. The van der Waals surface area contributed by atoms with Crippen LogP contribution < -0.4 is 15.6 Å². The first kappa shape index (κ1) is 24.3. The highest BCUT2D eigenvalue weighted by molar-refractivity contribution is 6.05. The van der Waals surface area contributed by atoms with E-state index in [1.165, 1.54) is 18.3 Å². The first-order chi connectivity index (χ1) is 16.5. The van der Waals surface area contributed by atoms with E-state index in [9.17, 15) is 14.7 Å². The topological polar surface area (TPSA) is 94.0 Å². The first-order valence-electron chi connectivity index (χ1n) is 11.1.